The molecular weight excluding hydrogens is 308 g/mol. The van der Waals surface area contributed by atoms with Crippen molar-refractivity contribution in [2.45, 2.75) is 25.9 Å². The highest BCUT2D eigenvalue weighted by atomic mass is 17.1. The molecule has 0 radical (unpaired) electrons. The number of methoxy groups -OCH3 is 1. The lowest BCUT2D eigenvalue weighted by molar-refractivity contribution is -0.295. The first-order valence-electron chi connectivity index (χ1n) is 8.11. The van der Waals surface area contributed by atoms with Crippen molar-refractivity contribution < 1.29 is 24.4 Å². The Bertz CT molecular complexity index is 730. The van der Waals surface area contributed by atoms with E-state index in [4.69, 9.17) is 14.4 Å². The minimum Gasteiger partial charge on any atom is -0.465 e. The monoisotopic (exact) mass is 330 g/mol. The van der Waals surface area contributed by atoms with E-state index in [0.717, 1.165) is 22.8 Å². The van der Waals surface area contributed by atoms with Crippen LogP contribution in [-0.4, -0.2) is 31.6 Å². The number of esters is 1. The zero-order valence-corrected chi connectivity index (χ0v) is 14.0. The SMILES string of the molecule is CCC1(CC(OO)c2ccc3cc(C(=O)OC)ccc3c2)COC1. The molecule has 1 aliphatic heterocycles. The number of carbonyl (C=O) groups excluding carboxylic acids is 1. The highest BCUT2D eigenvalue weighted by molar-refractivity contribution is 5.95. The third-order valence-electron chi connectivity index (χ3n) is 4.97. The van der Waals surface area contributed by atoms with Gasteiger partial charge in [0.15, 0.2) is 0 Å². The number of rotatable bonds is 6. The lowest BCUT2D eigenvalue weighted by Gasteiger charge is -2.42. The van der Waals surface area contributed by atoms with Crippen molar-refractivity contribution in [1.29, 1.82) is 0 Å². The van der Waals surface area contributed by atoms with Crippen molar-refractivity contribution in [3.63, 3.8) is 0 Å². The van der Waals surface area contributed by atoms with Crippen molar-refractivity contribution >= 4 is 16.7 Å². The van der Waals surface area contributed by atoms with Crippen molar-refractivity contribution in [3.8, 4) is 0 Å². The van der Waals surface area contributed by atoms with Crippen LogP contribution in [0, 0.1) is 5.41 Å². The summed E-state index contributed by atoms with van der Waals surface area (Å²) in [6.45, 7) is 3.55. The van der Waals surface area contributed by atoms with E-state index in [-0.39, 0.29) is 11.4 Å². The predicted octanol–water partition coefficient (Wildman–Crippen LogP) is 3.97. The van der Waals surface area contributed by atoms with Gasteiger partial charge in [-0.25, -0.2) is 9.68 Å². The van der Waals surface area contributed by atoms with Gasteiger partial charge in [0.2, 0.25) is 0 Å². The first-order chi connectivity index (χ1) is 11.6. The molecule has 1 fully saturated rings. The third-order valence-corrected chi connectivity index (χ3v) is 4.97. The molecule has 1 N–H and O–H groups in total. The molecule has 0 amide bonds. The molecule has 128 valence electrons. The first kappa shape index (κ1) is 16.9. The summed E-state index contributed by atoms with van der Waals surface area (Å²) in [5, 5.41) is 11.3. The number of hydrogen-bond acceptors (Lipinski definition) is 5. The van der Waals surface area contributed by atoms with E-state index in [2.05, 4.69) is 6.92 Å². The minimum atomic E-state index is -0.390. The molecule has 0 spiro atoms. The van der Waals surface area contributed by atoms with Crippen LogP contribution in [0.3, 0.4) is 0 Å². The summed E-state index contributed by atoms with van der Waals surface area (Å²) >= 11 is 0. The van der Waals surface area contributed by atoms with E-state index in [9.17, 15) is 10.1 Å². The molecule has 3 rings (SSSR count). The zero-order valence-electron chi connectivity index (χ0n) is 14.0. The largest absolute Gasteiger partial charge is 0.465 e. The van der Waals surface area contributed by atoms with E-state index in [1.165, 1.54) is 7.11 Å². The van der Waals surface area contributed by atoms with Gasteiger partial charge in [0.25, 0.3) is 0 Å². The highest BCUT2D eigenvalue weighted by Crippen LogP contribution is 2.41. The molecule has 1 heterocycles. The quantitative estimate of drug-likeness (QED) is 0.493. The fraction of sp³-hybridized carbons (Fsp3) is 0.421. The van der Waals surface area contributed by atoms with Crippen molar-refractivity contribution in [2.75, 3.05) is 20.3 Å². The second-order valence-corrected chi connectivity index (χ2v) is 6.46. The van der Waals surface area contributed by atoms with Gasteiger partial charge in [0, 0.05) is 5.41 Å². The molecule has 5 nitrogen and oxygen atoms in total. The van der Waals surface area contributed by atoms with E-state index in [1.807, 2.05) is 24.3 Å². The number of carbonyl (C=O) groups is 1. The Labute approximate surface area is 141 Å². The summed E-state index contributed by atoms with van der Waals surface area (Å²) in [6, 6.07) is 11.3. The van der Waals surface area contributed by atoms with Gasteiger partial charge in [-0.2, -0.15) is 0 Å². The van der Waals surface area contributed by atoms with Crippen LogP contribution in [0.15, 0.2) is 36.4 Å². The van der Waals surface area contributed by atoms with Gasteiger partial charge in [-0.05, 0) is 47.4 Å². The number of fused-ring (bicyclic) bond motifs is 1. The van der Waals surface area contributed by atoms with Gasteiger partial charge >= 0.3 is 5.97 Å². The second-order valence-electron chi connectivity index (χ2n) is 6.46. The Balaban J connectivity index is 1.87. The standard InChI is InChI=1S/C19H22O5/c1-3-19(11-23-12-19)10-17(24-21)15-6-4-14-9-16(18(20)22-2)7-5-13(14)8-15/h4-9,17,21H,3,10-12H2,1-2H3. The topological polar surface area (TPSA) is 65.0 Å². The maximum absolute atomic E-state index is 11.6. The smallest absolute Gasteiger partial charge is 0.337 e. The Kier molecular flexibility index (Phi) is 4.85. The Hall–Kier alpha value is -1.95. The number of ether oxygens (including phenoxy) is 2. The van der Waals surface area contributed by atoms with Crippen molar-refractivity contribution in [2.24, 2.45) is 5.41 Å². The van der Waals surface area contributed by atoms with Crippen LogP contribution in [0.4, 0.5) is 0 Å². The number of benzene rings is 2. The molecule has 1 saturated heterocycles. The zero-order chi connectivity index (χ0) is 17.2. The van der Waals surface area contributed by atoms with Crippen LogP contribution in [0.5, 0.6) is 0 Å². The van der Waals surface area contributed by atoms with Crippen LogP contribution < -0.4 is 0 Å². The molecule has 1 atom stereocenters. The maximum Gasteiger partial charge on any atom is 0.337 e. The number of hydrogen-bond donors (Lipinski definition) is 1. The van der Waals surface area contributed by atoms with Gasteiger partial charge in [-0.1, -0.05) is 25.1 Å². The lowest BCUT2D eigenvalue weighted by atomic mass is 9.77. The molecule has 24 heavy (non-hydrogen) atoms. The normalized spacial score (nSPS) is 17.3. The van der Waals surface area contributed by atoms with Crippen LogP contribution in [0.25, 0.3) is 10.8 Å². The van der Waals surface area contributed by atoms with Crippen LogP contribution in [0.2, 0.25) is 0 Å². The molecule has 0 saturated carbocycles. The molecule has 2 aromatic carbocycles. The van der Waals surface area contributed by atoms with E-state index in [0.29, 0.717) is 25.2 Å². The van der Waals surface area contributed by atoms with E-state index < -0.39 is 6.10 Å². The molecular formula is C19H22O5. The molecule has 0 aromatic heterocycles. The third kappa shape index (κ3) is 3.15. The summed E-state index contributed by atoms with van der Waals surface area (Å²) in [4.78, 5) is 16.4. The second kappa shape index (κ2) is 6.89. The predicted molar refractivity (Wildman–Crippen MR) is 89.9 cm³/mol. The molecule has 1 unspecified atom stereocenters. The van der Waals surface area contributed by atoms with Crippen LogP contribution in [-0.2, 0) is 14.4 Å². The van der Waals surface area contributed by atoms with Gasteiger partial charge in [0.1, 0.15) is 6.10 Å². The van der Waals surface area contributed by atoms with Crippen molar-refractivity contribution in [1.82, 2.24) is 0 Å². The molecule has 1 aliphatic rings. The van der Waals surface area contributed by atoms with Gasteiger partial charge in [-0.15, -0.1) is 0 Å². The first-order valence-corrected chi connectivity index (χ1v) is 8.11. The molecule has 0 aliphatic carbocycles. The van der Waals surface area contributed by atoms with Crippen LogP contribution in [0.1, 0.15) is 41.8 Å². The lowest BCUT2D eigenvalue weighted by Crippen LogP contribution is -2.43. The van der Waals surface area contributed by atoms with Crippen LogP contribution >= 0.6 is 0 Å². The summed E-state index contributed by atoms with van der Waals surface area (Å²) < 4.78 is 10.1. The van der Waals surface area contributed by atoms with Gasteiger partial charge in [-0.3, -0.25) is 5.26 Å². The summed E-state index contributed by atoms with van der Waals surface area (Å²) in [5.41, 5.74) is 1.51. The van der Waals surface area contributed by atoms with Gasteiger partial charge < -0.3 is 9.47 Å². The fourth-order valence-corrected chi connectivity index (χ4v) is 3.18. The average molecular weight is 330 g/mol. The molecule has 0 bridgehead atoms. The van der Waals surface area contributed by atoms with Gasteiger partial charge in [0.05, 0.1) is 25.9 Å². The van der Waals surface area contributed by atoms with E-state index in [1.54, 1.807) is 12.1 Å². The highest BCUT2D eigenvalue weighted by Gasteiger charge is 2.39. The molecule has 2 aromatic rings. The fourth-order valence-electron chi connectivity index (χ4n) is 3.18. The Morgan fingerprint density at radius 3 is 2.54 bits per heavy atom. The molecule has 5 heteroatoms. The van der Waals surface area contributed by atoms with E-state index >= 15 is 0 Å². The average Bonchev–Trinajstić information content (AvgIpc) is 2.60. The summed E-state index contributed by atoms with van der Waals surface area (Å²) in [6.07, 6.45) is 1.31. The minimum absolute atomic E-state index is 0.0805. The Morgan fingerprint density at radius 1 is 1.25 bits per heavy atom. The summed E-state index contributed by atoms with van der Waals surface area (Å²) in [7, 11) is 1.37. The Morgan fingerprint density at radius 2 is 1.96 bits per heavy atom. The maximum atomic E-state index is 11.6. The van der Waals surface area contributed by atoms with Crippen molar-refractivity contribution in [3.05, 3.63) is 47.5 Å². The summed E-state index contributed by atoms with van der Waals surface area (Å²) in [5.74, 6) is -0.354.